The Morgan fingerprint density at radius 1 is 0.868 bits per heavy atom. The number of rotatable bonds is 7. The molecule has 38 heavy (non-hydrogen) atoms. The van der Waals surface area contributed by atoms with Gasteiger partial charge in [-0.1, -0.05) is 30.3 Å². The molecule has 4 aromatic rings. The number of carbonyl (C=O) groups excluding carboxylic acids is 1. The van der Waals surface area contributed by atoms with E-state index in [1.807, 2.05) is 30.3 Å². The van der Waals surface area contributed by atoms with Crippen LogP contribution in [0.2, 0.25) is 0 Å². The summed E-state index contributed by atoms with van der Waals surface area (Å²) in [5.41, 5.74) is 8.91. The van der Waals surface area contributed by atoms with E-state index in [-0.39, 0.29) is 5.91 Å². The van der Waals surface area contributed by atoms with E-state index < -0.39 is 0 Å². The molecule has 1 fully saturated rings. The van der Waals surface area contributed by atoms with E-state index in [1.54, 1.807) is 6.20 Å². The van der Waals surface area contributed by atoms with Gasteiger partial charge in [-0.2, -0.15) is 0 Å². The molecule has 194 valence electrons. The van der Waals surface area contributed by atoms with Gasteiger partial charge in [-0.05, 0) is 73.0 Å². The molecule has 0 saturated carbocycles. The molecule has 2 N–H and O–H groups in total. The SMILES string of the molecule is CC(=O)Nc1ccc(-c2ccnc(Nc3ccc(N4CCN(Cc5cccc(C)c5C)CC4)cc3)n2)cc1. The maximum atomic E-state index is 11.2. The van der Waals surface area contributed by atoms with Crippen LogP contribution in [0.5, 0.6) is 0 Å². The van der Waals surface area contributed by atoms with Gasteiger partial charge in [0.25, 0.3) is 0 Å². The standard InChI is InChI=1S/C31H34N6O/c1-22-5-4-6-26(23(22)2)21-36-17-19-37(20-18-36)29-13-11-28(12-14-29)34-31-32-16-15-30(35-31)25-7-9-27(10-8-25)33-24(3)38/h4-16H,17-21H2,1-3H3,(H,33,38)(H,32,34,35). The number of benzene rings is 3. The summed E-state index contributed by atoms with van der Waals surface area (Å²) < 4.78 is 0. The molecule has 0 radical (unpaired) electrons. The van der Waals surface area contributed by atoms with Crippen molar-refractivity contribution in [2.45, 2.75) is 27.3 Å². The Bertz CT molecular complexity index is 1390. The van der Waals surface area contributed by atoms with E-state index in [0.29, 0.717) is 5.95 Å². The summed E-state index contributed by atoms with van der Waals surface area (Å²) in [7, 11) is 0. The Morgan fingerprint density at radius 3 is 2.29 bits per heavy atom. The molecule has 1 aliphatic rings. The molecular weight excluding hydrogens is 472 g/mol. The zero-order valence-corrected chi connectivity index (χ0v) is 22.2. The molecule has 1 aromatic heterocycles. The Morgan fingerprint density at radius 2 is 1.58 bits per heavy atom. The normalized spacial score (nSPS) is 13.8. The second-order valence-electron chi connectivity index (χ2n) is 9.82. The molecule has 2 heterocycles. The molecule has 0 aliphatic carbocycles. The minimum atomic E-state index is -0.0901. The van der Waals surface area contributed by atoms with Crippen LogP contribution in [0.15, 0.2) is 79.0 Å². The van der Waals surface area contributed by atoms with Gasteiger partial charge in [-0.15, -0.1) is 0 Å². The second-order valence-corrected chi connectivity index (χ2v) is 9.82. The third-order valence-corrected chi connectivity index (χ3v) is 7.13. The average molecular weight is 507 g/mol. The molecule has 0 bridgehead atoms. The number of hydrogen-bond acceptors (Lipinski definition) is 6. The number of anilines is 4. The summed E-state index contributed by atoms with van der Waals surface area (Å²) in [5, 5.41) is 6.10. The van der Waals surface area contributed by atoms with Crippen LogP contribution >= 0.6 is 0 Å². The van der Waals surface area contributed by atoms with Crippen LogP contribution in [-0.2, 0) is 11.3 Å². The monoisotopic (exact) mass is 506 g/mol. The molecule has 7 heteroatoms. The Kier molecular flexibility index (Phi) is 7.65. The predicted molar refractivity (Wildman–Crippen MR) is 155 cm³/mol. The summed E-state index contributed by atoms with van der Waals surface area (Å²) >= 11 is 0. The summed E-state index contributed by atoms with van der Waals surface area (Å²) in [6.07, 6.45) is 1.75. The smallest absolute Gasteiger partial charge is 0.227 e. The molecule has 0 atom stereocenters. The number of nitrogens with one attached hydrogen (secondary N) is 2. The number of aromatic nitrogens is 2. The molecule has 1 saturated heterocycles. The van der Waals surface area contributed by atoms with Gasteiger partial charge in [0.05, 0.1) is 5.69 Å². The molecule has 0 unspecified atom stereocenters. The zero-order valence-electron chi connectivity index (χ0n) is 22.2. The highest BCUT2D eigenvalue weighted by atomic mass is 16.1. The van der Waals surface area contributed by atoms with Crippen LogP contribution in [-0.4, -0.2) is 47.0 Å². The van der Waals surface area contributed by atoms with Gasteiger partial charge in [0, 0.05) is 68.5 Å². The highest BCUT2D eigenvalue weighted by Crippen LogP contribution is 2.24. The van der Waals surface area contributed by atoms with Crippen molar-refractivity contribution in [3.05, 3.63) is 95.7 Å². The number of hydrogen-bond donors (Lipinski definition) is 2. The van der Waals surface area contributed by atoms with Gasteiger partial charge in [0.15, 0.2) is 0 Å². The van der Waals surface area contributed by atoms with Crippen molar-refractivity contribution < 1.29 is 4.79 Å². The summed E-state index contributed by atoms with van der Waals surface area (Å²) in [6.45, 7) is 11.1. The number of amides is 1. The van der Waals surface area contributed by atoms with Gasteiger partial charge >= 0.3 is 0 Å². The van der Waals surface area contributed by atoms with Gasteiger partial charge in [-0.3, -0.25) is 9.69 Å². The van der Waals surface area contributed by atoms with Gasteiger partial charge in [0.2, 0.25) is 11.9 Å². The minimum Gasteiger partial charge on any atom is -0.369 e. The van der Waals surface area contributed by atoms with E-state index in [9.17, 15) is 4.79 Å². The van der Waals surface area contributed by atoms with Crippen LogP contribution in [0, 0.1) is 13.8 Å². The Hall–Kier alpha value is -4.23. The molecule has 1 aliphatic heterocycles. The largest absolute Gasteiger partial charge is 0.369 e. The zero-order chi connectivity index (χ0) is 26.5. The molecule has 0 spiro atoms. The molecular formula is C31H34N6O. The van der Waals surface area contributed by atoms with Crippen LogP contribution in [0.3, 0.4) is 0 Å². The predicted octanol–water partition coefficient (Wildman–Crippen LogP) is 5.78. The molecule has 3 aromatic carbocycles. The van der Waals surface area contributed by atoms with E-state index in [0.717, 1.165) is 55.4 Å². The van der Waals surface area contributed by atoms with Crippen LogP contribution in [0.1, 0.15) is 23.6 Å². The van der Waals surface area contributed by atoms with E-state index in [2.05, 4.69) is 86.7 Å². The van der Waals surface area contributed by atoms with Crippen molar-refractivity contribution >= 4 is 28.9 Å². The van der Waals surface area contributed by atoms with Crippen molar-refractivity contribution in [1.29, 1.82) is 0 Å². The fraction of sp³-hybridized carbons (Fsp3) is 0.258. The summed E-state index contributed by atoms with van der Waals surface area (Å²) in [6, 6.07) is 24.6. The Labute approximate surface area is 224 Å². The van der Waals surface area contributed by atoms with E-state index in [1.165, 1.54) is 29.3 Å². The van der Waals surface area contributed by atoms with Crippen LogP contribution in [0.25, 0.3) is 11.3 Å². The summed E-state index contributed by atoms with van der Waals surface area (Å²) in [4.78, 5) is 25.3. The minimum absolute atomic E-state index is 0.0901. The first kappa shape index (κ1) is 25.4. The van der Waals surface area contributed by atoms with Crippen LogP contribution < -0.4 is 15.5 Å². The van der Waals surface area contributed by atoms with Crippen molar-refractivity contribution in [3.63, 3.8) is 0 Å². The van der Waals surface area contributed by atoms with Gasteiger partial charge < -0.3 is 15.5 Å². The fourth-order valence-electron chi connectivity index (χ4n) is 4.78. The lowest BCUT2D eigenvalue weighted by atomic mass is 10.0. The molecule has 7 nitrogen and oxygen atoms in total. The first-order valence-electron chi connectivity index (χ1n) is 13.1. The number of carbonyl (C=O) groups is 1. The number of piperazine rings is 1. The summed E-state index contributed by atoms with van der Waals surface area (Å²) in [5.74, 6) is 0.453. The maximum absolute atomic E-state index is 11.2. The lowest BCUT2D eigenvalue weighted by Crippen LogP contribution is -2.46. The molecule has 1 amide bonds. The number of nitrogens with zero attached hydrogens (tertiary/aromatic N) is 4. The van der Waals surface area contributed by atoms with Crippen molar-refractivity contribution in [2.24, 2.45) is 0 Å². The van der Waals surface area contributed by atoms with Gasteiger partial charge in [-0.25, -0.2) is 9.97 Å². The van der Waals surface area contributed by atoms with Crippen molar-refractivity contribution in [1.82, 2.24) is 14.9 Å². The highest BCUT2D eigenvalue weighted by Gasteiger charge is 2.18. The quantitative estimate of drug-likeness (QED) is 0.331. The van der Waals surface area contributed by atoms with Crippen LogP contribution in [0.4, 0.5) is 23.0 Å². The van der Waals surface area contributed by atoms with Gasteiger partial charge in [0.1, 0.15) is 0 Å². The number of aryl methyl sites for hydroxylation is 1. The first-order chi connectivity index (χ1) is 18.4. The molecule has 5 rings (SSSR count). The lowest BCUT2D eigenvalue weighted by Gasteiger charge is -2.36. The second kappa shape index (κ2) is 11.4. The van der Waals surface area contributed by atoms with Crippen molar-refractivity contribution in [2.75, 3.05) is 41.7 Å². The third-order valence-electron chi connectivity index (χ3n) is 7.13. The highest BCUT2D eigenvalue weighted by molar-refractivity contribution is 5.88. The van der Waals surface area contributed by atoms with Crippen molar-refractivity contribution in [3.8, 4) is 11.3 Å². The average Bonchev–Trinajstić information content (AvgIpc) is 2.92. The lowest BCUT2D eigenvalue weighted by molar-refractivity contribution is -0.114. The maximum Gasteiger partial charge on any atom is 0.227 e. The van der Waals surface area contributed by atoms with E-state index in [4.69, 9.17) is 0 Å². The Balaban J connectivity index is 1.17. The van der Waals surface area contributed by atoms with E-state index >= 15 is 0 Å². The fourth-order valence-corrected chi connectivity index (χ4v) is 4.78. The topological polar surface area (TPSA) is 73.4 Å². The first-order valence-corrected chi connectivity index (χ1v) is 13.1. The third kappa shape index (κ3) is 6.18.